The standard InChI is InChI=1S/C24H28N4O6S2/c1-3-34-14-13-27-21-11-8-19(28(30)31)15-22(21)35-24(27)25-23(29)18-5-4-12-26(16-18)36(32,33)20-9-6-17(2)7-10-20/h6-11,15,18H,3-5,12-14,16H2,1-2H3. The van der Waals surface area contributed by atoms with Crippen molar-refractivity contribution in [3.8, 4) is 0 Å². The minimum absolute atomic E-state index is 0.0391. The molecule has 1 amide bonds. The molecule has 0 aliphatic carbocycles. The number of aryl methyl sites for hydroxylation is 1. The second-order valence-corrected chi connectivity index (χ2v) is 11.6. The van der Waals surface area contributed by atoms with Crippen molar-refractivity contribution in [1.82, 2.24) is 8.87 Å². The highest BCUT2D eigenvalue weighted by atomic mass is 32.2. The van der Waals surface area contributed by atoms with E-state index < -0.39 is 26.8 Å². The van der Waals surface area contributed by atoms with Gasteiger partial charge in [-0.1, -0.05) is 29.0 Å². The van der Waals surface area contributed by atoms with Crippen molar-refractivity contribution in [1.29, 1.82) is 0 Å². The fraction of sp³-hybridized carbons (Fsp3) is 0.417. The summed E-state index contributed by atoms with van der Waals surface area (Å²) in [6.07, 6.45) is 1.09. The zero-order valence-corrected chi connectivity index (χ0v) is 21.8. The molecular weight excluding hydrogens is 504 g/mol. The van der Waals surface area contributed by atoms with Gasteiger partial charge in [-0.05, 0) is 44.9 Å². The average molecular weight is 533 g/mol. The molecule has 2 aromatic carbocycles. The van der Waals surface area contributed by atoms with Gasteiger partial charge in [0.05, 0.1) is 32.6 Å². The predicted octanol–water partition coefficient (Wildman–Crippen LogP) is 3.48. The van der Waals surface area contributed by atoms with Crippen LogP contribution in [0, 0.1) is 23.0 Å². The number of nitro groups is 1. The van der Waals surface area contributed by atoms with Crippen molar-refractivity contribution in [2.45, 2.75) is 38.1 Å². The maximum Gasteiger partial charge on any atom is 0.270 e. The molecule has 1 unspecified atom stereocenters. The Kier molecular flexibility index (Phi) is 7.98. The topological polar surface area (TPSA) is 124 Å². The van der Waals surface area contributed by atoms with E-state index in [-0.39, 0.29) is 17.1 Å². The first-order valence-corrected chi connectivity index (χ1v) is 14.0. The van der Waals surface area contributed by atoms with Crippen LogP contribution in [0.5, 0.6) is 0 Å². The van der Waals surface area contributed by atoms with Crippen molar-refractivity contribution in [2.75, 3.05) is 26.3 Å². The number of thiazole rings is 1. The summed E-state index contributed by atoms with van der Waals surface area (Å²) in [6, 6.07) is 11.2. The summed E-state index contributed by atoms with van der Waals surface area (Å²) in [6.45, 7) is 5.54. The number of nitrogens with zero attached hydrogens (tertiary/aromatic N) is 4. The molecule has 10 nitrogen and oxygen atoms in total. The molecule has 0 radical (unpaired) electrons. The van der Waals surface area contributed by atoms with E-state index in [1.54, 1.807) is 30.3 Å². The maximum atomic E-state index is 13.2. The van der Waals surface area contributed by atoms with Gasteiger partial charge >= 0.3 is 0 Å². The van der Waals surface area contributed by atoms with E-state index in [0.29, 0.717) is 48.6 Å². The molecule has 3 aromatic rings. The molecule has 2 heterocycles. The fourth-order valence-corrected chi connectivity index (χ4v) is 6.80. The summed E-state index contributed by atoms with van der Waals surface area (Å²) in [5, 5.41) is 11.2. The second-order valence-electron chi connectivity index (χ2n) is 8.61. The van der Waals surface area contributed by atoms with Gasteiger partial charge in [0, 0.05) is 38.4 Å². The highest BCUT2D eigenvalue weighted by Gasteiger charge is 2.33. The Morgan fingerprint density at radius 2 is 2.00 bits per heavy atom. The molecule has 1 saturated heterocycles. The molecule has 0 N–H and O–H groups in total. The summed E-state index contributed by atoms with van der Waals surface area (Å²) < 4.78 is 35.6. The monoisotopic (exact) mass is 532 g/mol. The van der Waals surface area contributed by atoms with Crippen LogP contribution in [0.15, 0.2) is 52.4 Å². The summed E-state index contributed by atoms with van der Waals surface area (Å²) >= 11 is 1.19. The first kappa shape index (κ1) is 26.1. The van der Waals surface area contributed by atoms with Crippen LogP contribution in [-0.2, 0) is 26.1 Å². The third-order valence-electron chi connectivity index (χ3n) is 6.14. The molecule has 192 valence electrons. The fourth-order valence-electron chi connectivity index (χ4n) is 4.18. The lowest BCUT2D eigenvalue weighted by molar-refractivity contribution is -0.384. The van der Waals surface area contributed by atoms with Gasteiger partial charge in [0.25, 0.3) is 11.6 Å². The number of nitro benzene ring substituents is 1. The van der Waals surface area contributed by atoms with Crippen LogP contribution >= 0.6 is 11.3 Å². The molecule has 1 aliphatic rings. The lowest BCUT2D eigenvalue weighted by Crippen LogP contribution is -2.42. The van der Waals surface area contributed by atoms with Gasteiger partial charge in [-0.2, -0.15) is 9.30 Å². The highest BCUT2D eigenvalue weighted by molar-refractivity contribution is 7.89. The zero-order valence-electron chi connectivity index (χ0n) is 20.1. The summed E-state index contributed by atoms with van der Waals surface area (Å²) in [5.74, 6) is -0.969. The van der Waals surface area contributed by atoms with Crippen molar-refractivity contribution in [3.63, 3.8) is 0 Å². The Bertz CT molecular complexity index is 1440. The predicted molar refractivity (Wildman–Crippen MR) is 136 cm³/mol. The van der Waals surface area contributed by atoms with E-state index >= 15 is 0 Å². The number of non-ortho nitro benzene ring substituents is 1. The molecule has 4 rings (SSSR count). The summed E-state index contributed by atoms with van der Waals surface area (Å²) in [4.78, 5) is 29.0. The number of amides is 1. The van der Waals surface area contributed by atoms with Crippen LogP contribution in [0.2, 0.25) is 0 Å². The minimum Gasteiger partial charge on any atom is -0.380 e. The minimum atomic E-state index is -3.72. The van der Waals surface area contributed by atoms with Gasteiger partial charge in [0.15, 0.2) is 4.80 Å². The number of benzene rings is 2. The van der Waals surface area contributed by atoms with E-state index in [1.165, 1.54) is 27.8 Å². The number of ether oxygens (including phenoxy) is 1. The summed E-state index contributed by atoms with van der Waals surface area (Å²) in [7, 11) is -3.72. The van der Waals surface area contributed by atoms with Crippen molar-refractivity contribution in [2.24, 2.45) is 10.9 Å². The van der Waals surface area contributed by atoms with Crippen LogP contribution in [0.1, 0.15) is 25.3 Å². The van der Waals surface area contributed by atoms with Gasteiger partial charge in [-0.3, -0.25) is 14.9 Å². The van der Waals surface area contributed by atoms with Gasteiger partial charge in [-0.15, -0.1) is 0 Å². The van der Waals surface area contributed by atoms with E-state index in [4.69, 9.17) is 4.74 Å². The molecule has 1 atom stereocenters. The van der Waals surface area contributed by atoms with E-state index in [1.807, 2.05) is 18.4 Å². The lowest BCUT2D eigenvalue weighted by Gasteiger charge is -2.30. The zero-order chi connectivity index (χ0) is 25.9. The number of rotatable bonds is 8. The van der Waals surface area contributed by atoms with Gasteiger partial charge < -0.3 is 9.30 Å². The number of hydrogen-bond acceptors (Lipinski definition) is 7. The Balaban J connectivity index is 1.63. The highest BCUT2D eigenvalue weighted by Crippen LogP contribution is 2.26. The number of fused-ring (bicyclic) bond motifs is 1. The van der Waals surface area contributed by atoms with Gasteiger partial charge in [-0.25, -0.2) is 8.42 Å². The Hall–Kier alpha value is -2.93. The smallest absolute Gasteiger partial charge is 0.270 e. The first-order chi connectivity index (χ1) is 17.2. The molecule has 12 heteroatoms. The number of hydrogen-bond donors (Lipinski definition) is 0. The van der Waals surface area contributed by atoms with E-state index in [9.17, 15) is 23.3 Å². The maximum absolute atomic E-state index is 13.2. The van der Waals surface area contributed by atoms with Crippen LogP contribution in [-0.4, -0.2) is 54.4 Å². The lowest BCUT2D eigenvalue weighted by atomic mass is 9.99. The normalized spacial score (nSPS) is 17.5. The quantitative estimate of drug-likeness (QED) is 0.249. The average Bonchev–Trinajstić information content (AvgIpc) is 3.20. The molecule has 1 aliphatic heterocycles. The second kappa shape index (κ2) is 11.0. The Morgan fingerprint density at radius 3 is 2.69 bits per heavy atom. The Morgan fingerprint density at radius 1 is 1.25 bits per heavy atom. The number of piperidine rings is 1. The van der Waals surface area contributed by atoms with Crippen molar-refractivity contribution >= 4 is 43.2 Å². The van der Waals surface area contributed by atoms with Gasteiger partial charge in [0.2, 0.25) is 10.0 Å². The molecule has 1 fully saturated rings. The van der Waals surface area contributed by atoms with Crippen molar-refractivity contribution in [3.05, 3.63) is 62.9 Å². The number of carbonyl (C=O) groups is 1. The van der Waals surface area contributed by atoms with Crippen LogP contribution < -0.4 is 4.80 Å². The Labute approximate surface area is 213 Å². The largest absolute Gasteiger partial charge is 0.380 e. The van der Waals surface area contributed by atoms with Crippen LogP contribution in [0.25, 0.3) is 10.2 Å². The molecular formula is C24H28N4O6S2. The first-order valence-electron chi connectivity index (χ1n) is 11.7. The molecule has 0 saturated carbocycles. The third kappa shape index (κ3) is 5.56. The number of carbonyl (C=O) groups excluding carboxylic acids is 1. The molecule has 1 aromatic heterocycles. The van der Waals surface area contributed by atoms with Crippen molar-refractivity contribution < 1.29 is 22.9 Å². The van der Waals surface area contributed by atoms with Crippen LogP contribution in [0.3, 0.4) is 0 Å². The number of aromatic nitrogens is 1. The summed E-state index contributed by atoms with van der Waals surface area (Å²) in [5.41, 5.74) is 1.65. The third-order valence-corrected chi connectivity index (χ3v) is 9.06. The molecule has 0 bridgehead atoms. The molecule has 0 spiro atoms. The van der Waals surface area contributed by atoms with E-state index in [0.717, 1.165) is 11.1 Å². The van der Waals surface area contributed by atoms with E-state index in [2.05, 4.69) is 4.99 Å². The molecule has 36 heavy (non-hydrogen) atoms. The number of sulfonamides is 1. The van der Waals surface area contributed by atoms with Crippen LogP contribution in [0.4, 0.5) is 5.69 Å². The van der Waals surface area contributed by atoms with Gasteiger partial charge in [0.1, 0.15) is 0 Å². The SMILES string of the molecule is CCOCCn1c(=NC(=O)C2CCCN(S(=O)(=O)c3ccc(C)cc3)C2)sc2cc([N+](=O)[O-])ccc21.